The number of H-pyrrole nitrogens is 1. The van der Waals surface area contributed by atoms with E-state index in [0.717, 1.165) is 8.66 Å². The van der Waals surface area contributed by atoms with Crippen molar-refractivity contribution in [1.29, 1.82) is 0 Å². The minimum atomic E-state index is -0.161. The Hall–Kier alpha value is -1.47. The largest absolute Gasteiger partial charge is 0.345 e. The molecule has 2 aromatic heterocycles. The van der Waals surface area contributed by atoms with Gasteiger partial charge in [-0.2, -0.15) is 5.10 Å². The maximum absolute atomic E-state index is 11.5. The number of rotatable bonds is 4. The molecule has 5 nitrogen and oxygen atoms in total. The van der Waals surface area contributed by atoms with Gasteiger partial charge in [0, 0.05) is 11.0 Å². The first-order valence-electron chi connectivity index (χ1n) is 4.79. The molecule has 0 aromatic carbocycles. The standard InChI is InChI=1S/C10H9BrN4OS/c11-8-3-1-7(17-8)2-4-10(16)12-5-9-13-6-14-15-9/h1-4,6H,5H2,(H,12,16)(H,13,14,15)/b4-2+. The fourth-order valence-corrected chi connectivity index (χ4v) is 2.45. The summed E-state index contributed by atoms with van der Waals surface area (Å²) in [5.74, 6) is 0.469. The van der Waals surface area contributed by atoms with Crippen molar-refractivity contribution >= 4 is 39.2 Å². The Balaban J connectivity index is 1.83. The molecule has 2 heterocycles. The van der Waals surface area contributed by atoms with Crippen LogP contribution in [-0.4, -0.2) is 21.1 Å². The van der Waals surface area contributed by atoms with Crippen molar-refractivity contribution in [3.8, 4) is 0 Å². The normalized spacial score (nSPS) is 10.9. The fraction of sp³-hybridized carbons (Fsp3) is 0.100. The van der Waals surface area contributed by atoms with Gasteiger partial charge in [0.05, 0.1) is 10.3 Å². The maximum Gasteiger partial charge on any atom is 0.244 e. The number of halogens is 1. The van der Waals surface area contributed by atoms with E-state index in [0.29, 0.717) is 12.4 Å². The molecule has 0 fully saturated rings. The fourth-order valence-electron chi connectivity index (χ4n) is 1.12. The highest BCUT2D eigenvalue weighted by molar-refractivity contribution is 9.11. The lowest BCUT2D eigenvalue weighted by Crippen LogP contribution is -2.20. The predicted molar refractivity (Wildman–Crippen MR) is 69.3 cm³/mol. The predicted octanol–water partition coefficient (Wildman–Crippen LogP) is 1.96. The summed E-state index contributed by atoms with van der Waals surface area (Å²) in [6.07, 6.45) is 4.67. The van der Waals surface area contributed by atoms with Crippen molar-refractivity contribution in [2.24, 2.45) is 0 Å². The molecule has 0 saturated carbocycles. The Bertz CT molecular complexity index is 520. The first-order valence-corrected chi connectivity index (χ1v) is 6.40. The summed E-state index contributed by atoms with van der Waals surface area (Å²) < 4.78 is 1.04. The minimum absolute atomic E-state index is 0.161. The quantitative estimate of drug-likeness (QED) is 0.848. The number of carbonyl (C=O) groups excluding carboxylic acids is 1. The highest BCUT2D eigenvalue weighted by Crippen LogP contribution is 2.22. The van der Waals surface area contributed by atoms with Crippen LogP contribution in [0.5, 0.6) is 0 Å². The number of amides is 1. The van der Waals surface area contributed by atoms with E-state index in [4.69, 9.17) is 0 Å². The second kappa shape index (κ2) is 5.74. The molecule has 0 aliphatic carbocycles. The maximum atomic E-state index is 11.5. The van der Waals surface area contributed by atoms with Crippen LogP contribution in [0.25, 0.3) is 6.08 Å². The average Bonchev–Trinajstić information content (AvgIpc) is 2.95. The number of thiophene rings is 1. The Kier molecular flexibility index (Phi) is 4.05. The van der Waals surface area contributed by atoms with E-state index in [1.165, 1.54) is 12.4 Å². The second-order valence-corrected chi connectivity index (χ2v) is 5.62. The molecule has 0 spiro atoms. The van der Waals surface area contributed by atoms with Gasteiger partial charge in [0.2, 0.25) is 5.91 Å². The number of nitrogens with one attached hydrogen (secondary N) is 2. The molecule has 0 atom stereocenters. The number of hydrogen-bond donors (Lipinski definition) is 2. The molecule has 2 aromatic rings. The van der Waals surface area contributed by atoms with Crippen LogP contribution in [0.1, 0.15) is 10.7 Å². The van der Waals surface area contributed by atoms with Gasteiger partial charge in [-0.25, -0.2) is 4.98 Å². The van der Waals surface area contributed by atoms with Crippen LogP contribution in [0.2, 0.25) is 0 Å². The molecular weight excluding hydrogens is 304 g/mol. The van der Waals surface area contributed by atoms with Crippen LogP contribution < -0.4 is 5.32 Å². The van der Waals surface area contributed by atoms with Crippen molar-refractivity contribution in [1.82, 2.24) is 20.5 Å². The smallest absolute Gasteiger partial charge is 0.244 e. The van der Waals surface area contributed by atoms with Gasteiger partial charge in [0.25, 0.3) is 0 Å². The second-order valence-electron chi connectivity index (χ2n) is 3.13. The molecule has 0 bridgehead atoms. The lowest BCUT2D eigenvalue weighted by atomic mass is 10.4. The van der Waals surface area contributed by atoms with Gasteiger partial charge < -0.3 is 5.32 Å². The van der Waals surface area contributed by atoms with Crippen molar-refractivity contribution in [2.45, 2.75) is 6.54 Å². The highest BCUT2D eigenvalue weighted by Gasteiger charge is 1.99. The van der Waals surface area contributed by atoms with E-state index < -0.39 is 0 Å². The molecule has 1 amide bonds. The van der Waals surface area contributed by atoms with Gasteiger partial charge in [-0.15, -0.1) is 11.3 Å². The minimum Gasteiger partial charge on any atom is -0.345 e. The van der Waals surface area contributed by atoms with Gasteiger partial charge in [0.15, 0.2) is 0 Å². The molecule has 88 valence electrons. The van der Waals surface area contributed by atoms with Crippen LogP contribution in [0.15, 0.2) is 28.3 Å². The summed E-state index contributed by atoms with van der Waals surface area (Å²) in [4.78, 5) is 16.4. The Morgan fingerprint density at radius 2 is 2.47 bits per heavy atom. The summed E-state index contributed by atoms with van der Waals surface area (Å²) in [6, 6.07) is 3.88. The Labute approximate surface area is 110 Å². The molecule has 0 radical (unpaired) electrons. The van der Waals surface area contributed by atoms with Crippen LogP contribution in [0, 0.1) is 0 Å². The SMILES string of the molecule is O=C(/C=C/c1ccc(Br)s1)NCc1ncn[nH]1. The summed E-state index contributed by atoms with van der Waals surface area (Å²) >= 11 is 4.93. The van der Waals surface area contributed by atoms with Gasteiger partial charge >= 0.3 is 0 Å². The lowest BCUT2D eigenvalue weighted by Gasteiger charge is -1.97. The van der Waals surface area contributed by atoms with Gasteiger partial charge in [0.1, 0.15) is 12.2 Å². The zero-order chi connectivity index (χ0) is 12.1. The zero-order valence-corrected chi connectivity index (χ0v) is 11.1. The summed E-state index contributed by atoms with van der Waals surface area (Å²) in [5, 5.41) is 9.05. The van der Waals surface area contributed by atoms with Crippen molar-refractivity contribution in [3.05, 3.63) is 39.0 Å². The van der Waals surface area contributed by atoms with Crippen molar-refractivity contribution < 1.29 is 4.79 Å². The first kappa shape index (κ1) is 12.0. The third-order valence-corrected chi connectivity index (χ3v) is 3.48. The van der Waals surface area contributed by atoms with Crippen molar-refractivity contribution in [3.63, 3.8) is 0 Å². The Morgan fingerprint density at radius 1 is 1.59 bits per heavy atom. The summed E-state index contributed by atoms with van der Waals surface area (Å²) in [6.45, 7) is 0.345. The molecular formula is C10H9BrN4OS. The van der Waals surface area contributed by atoms with E-state index in [1.54, 1.807) is 17.4 Å². The van der Waals surface area contributed by atoms with E-state index in [-0.39, 0.29) is 5.91 Å². The number of nitrogens with zero attached hydrogens (tertiary/aromatic N) is 2. The number of aromatic nitrogens is 3. The van der Waals surface area contributed by atoms with Crippen LogP contribution >= 0.6 is 27.3 Å². The third-order valence-electron chi connectivity index (χ3n) is 1.89. The first-order chi connectivity index (χ1) is 8.24. The molecule has 0 unspecified atom stereocenters. The summed E-state index contributed by atoms with van der Waals surface area (Å²) in [7, 11) is 0. The number of hydrogen-bond acceptors (Lipinski definition) is 4. The monoisotopic (exact) mass is 312 g/mol. The number of aromatic amines is 1. The molecule has 0 aliphatic heterocycles. The van der Waals surface area contributed by atoms with E-state index in [1.807, 2.05) is 12.1 Å². The van der Waals surface area contributed by atoms with Gasteiger partial charge in [-0.1, -0.05) is 0 Å². The van der Waals surface area contributed by atoms with Crippen LogP contribution in [0.3, 0.4) is 0 Å². The average molecular weight is 313 g/mol. The molecule has 0 saturated heterocycles. The Morgan fingerprint density at radius 3 is 3.12 bits per heavy atom. The molecule has 0 aliphatic rings. The highest BCUT2D eigenvalue weighted by atomic mass is 79.9. The molecule has 2 N–H and O–H groups in total. The van der Waals surface area contributed by atoms with Gasteiger partial charge in [-0.3, -0.25) is 9.89 Å². The third kappa shape index (κ3) is 3.79. The number of carbonyl (C=O) groups is 1. The van der Waals surface area contributed by atoms with Crippen molar-refractivity contribution in [2.75, 3.05) is 0 Å². The molecule has 17 heavy (non-hydrogen) atoms. The topological polar surface area (TPSA) is 70.7 Å². The molecule has 2 rings (SSSR count). The van der Waals surface area contributed by atoms with Crippen LogP contribution in [-0.2, 0) is 11.3 Å². The van der Waals surface area contributed by atoms with E-state index >= 15 is 0 Å². The molecule has 7 heteroatoms. The zero-order valence-electron chi connectivity index (χ0n) is 8.68. The lowest BCUT2D eigenvalue weighted by molar-refractivity contribution is -0.116. The van der Waals surface area contributed by atoms with E-state index in [9.17, 15) is 4.79 Å². The van der Waals surface area contributed by atoms with Crippen LogP contribution in [0.4, 0.5) is 0 Å². The van der Waals surface area contributed by atoms with Gasteiger partial charge in [-0.05, 0) is 34.1 Å². The summed E-state index contributed by atoms with van der Waals surface area (Å²) in [5.41, 5.74) is 0. The van der Waals surface area contributed by atoms with E-state index in [2.05, 4.69) is 36.4 Å².